The fraction of sp³-hybridized carbons (Fsp3) is 0.433. The van der Waals surface area contributed by atoms with Crippen molar-refractivity contribution in [3.8, 4) is 5.75 Å². The molecule has 4 rings (SSSR count). The molecule has 0 saturated carbocycles. The summed E-state index contributed by atoms with van der Waals surface area (Å²) in [5.74, 6) is -0.00103. The molecule has 1 fully saturated rings. The van der Waals surface area contributed by atoms with Crippen molar-refractivity contribution in [2.75, 3.05) is 32.1 Å². The second-order valence-corrected chi connectivity index (χ2v) is 13.5. The maximum Gasteiger partial charge on any atom is 0.253 e. The van der Waals surface area contributed by atoms with Gasteiger partial charge in [-0.2, -0.15) is 4.72 Å². The molecule has 232 valence electrons. The number of nitrogens with one attached hydrogen (secondary N) is 2. The SMILES string of the molecule is COc1ccc(C(C)(C(=O)N2CCCC2)n2cnc(NC(=O)C(COCc3ccccc3)NS(=O)(=O)C(C)(C)N)c2)cc1. The minimum Gasteiger partial charge on any atom is -0.497 e. The maximum absolute atomic E-state index is 13.9. The van der Waals surface area contributed by atoms with Gasteiger partial charge in [-0.05, 0) is 56.9 Å². The van der Waals surface area contributed by atoms with Crippen LogP contribution in [-0.4, -0.2) is 72.4 Å². The van der Waals surface area contributed by atoms with E-state index in [0.717, 1.165) is 18.4 Å². The van der Waals surface area contributed by atoms with Gasteiger partial charge in [0.25, 0.3) is 5.91 Å². The van der Waals surface area contributed by atoms with Gasteiger partial charge in [0, 0.05) is 19.3 Å². The quantitative estimate of drug-likeness (QED) is 0.266. The lowest BCUT2D eigenvalue weighted by Crippen LogP contribution is -2.55. The molecule has 2 atom stereocenters. The molecule has 2 unspecified atom stereocenters. The van der Waals surface area contributed by atoms with E-state index in [9.17, 15) is 18.0 Å². The largest absolute Gasteiger partial charge is 0.497 e. The van der Waals surface area contributed by atoms with Gasteiger partial charge in [0.1, 0.15) is 22.2 Å². The molecule has 3 aromatic rings. The number of anilines is 1. The van der Waals surface area contributed by atoms with Gasteiger partial charge in [0.15, 0.2) is 5.82 Å². The smallest absolute Gasteiger partial charge is 0.253 e. The first-order valence-corrected chi connectivity index (χ1v) is 15.5. The lowest BCUT2D eigenvalue weighted by molar-refractivity contribution is -0.137. The predicted molar refractivity (Wildman–Crippen MR) is 163 cm³/mol. The number of ether oxygens (including phenoxy) is 2. The Bertz CT molecular complexity index is 1500. The number of methoxy groups -OCH3 is 1. The number of likely N-dealkylation sites (tertiary alicyclic amines) is 1. The molecule has 0 spiro atoms. The zero-order valence-electron chi connectivity index (χ0n) is 24.9. The predicted octanol–water partition coefficient (Wildman–Crippen LogP) is 2.42. The lowest BCUT2D eigenvalue weighted by atomic mass is 9.90. The Labute approximate surface area is 252 Å². The third-order valence-corrected chi connectivity index (χ3v) is 9.49. The van der Waals surface area contributed by atoms with Crippen molar-refractivity contribution in [2.45, 2.75) is 56.7 Å². The Balaban J connectivity index is 1.58. The van der Waals surface area contributed by atoms with E-state index in [4.69, 9.17) is 15.2 Å². The topological polar surface area (TPSA) is 158 Å². The van der Waals surface area contributed by atoms with Crippen LogP contribution in [0.1, 0.15) is 44.7 Å². The van der Waals surface area contributed by atoms with E-state index >= 15 is 0 Å². The molecule has 1 aliphatic rings. The van der Waals surface area contributed by atoms with Gasteiger partial charge in [-0.1, -0.05) is 42.5 Å². The van der Waals surface area contributed by atoms with Crippen LogP contribution in [0.4, 0.5) is 5.82 Å². The van der Waals surface area contributed by atoms with Gasteiger partial charge < -0.3 is 30.0 Å². The second-order valence-electron chi connectivity index (χ2n) is 11.2. The van der Waals surface area contributed by atoms with Gasteiger partial charge in [0.2, 0.25) is 15.9 Å². The summed E-state index contributed by atoms with van der Waals surface area (Å²) in [6.45, 7) is 5.69. The molecule has 43 heavy (non-hydrogen) atoms. The second kappa shape index (κ2) is 13.2. The molecule has 4 N–H and O–H groups in total. The van der Waals surface area contributed by atoms with Crippen molar-refractivity contribution in [3.05, 3.63) is 78.2 Å². The first kappa shape index (κ1) is 32.1. The number of hydrogen-bond donors (Lipinski definition) is 3. The summed E-state index contributed by atoms with van der Waals surface area (Å²) in [4.78, 5) is 31.8. The molecule has 13 heteroatoms. The summed E-state index contributed by atoms with van der Waals surface area (Å²) in [6, 6.07) is 15.2. The van der Waals surface area contributed by atoms with Crippen LogP contribution in [-0.2, 0) is 36.5 Å². The molecular weight excluding hydrogens is 572 g/mol. The summed E-state index contributed by atoms with van der Waals surface area (Å²) in [7, 11) is -2.54. The molecule has 1 saturated heterocycles. The van der Waals surface area contributed by atoms with Crippen molar-refractivity contribution in [1.29, 1.82) is 0 Å². The molecule has 0 aliphatic carbocycles. The van der Waals surface area contributed by atoms with E-state index in [1.54, 1.807) is 36.9 Å². The molecule has 2 aromatic carbocycles. The lowest BCUT2D eigenvalue weighted by Gasteiger charge is -2.34. The molecular formula is C30H40N6O6S. The third kappa shape index (κ3) is 7.42. The van der Waals surface area contributed by atoms with Crippen LogP contribution in [0.3, 0.4) is 0 Å². The number of amides is 2. The van der Waals surface area contributed by atoms with Crippen molar-refractivity contribution in [1.82, 2.24) is 19.2 Å². The number of benzene rings is 2. The van der Waals surface area contributed by atoms with Crippen molar-refractivity contribution in [2.24, 2.45) is 5.73 Å². The van der Waals surface area contributed by atoms with Gasteiger partial charge >= 0.3 is 0 Å². The molecule has 12 nitrogen and oxygen atoms in total. The third-order valence-electron chi connectivity index (χ3n) is 7.51. The highest BCUT2D eigenvalue weighted by Gasteiger charge is 2.41. The highest BCUT2D eigenvalue weighted by molar-refractivity contribution is 7.90. The van der Waals surface area contributed by atoms with Crippen molar-refractivity contribution < 1.29 is 27.5 Å². The van der Waals surface area contributed by atoms with Crippen LogP contribution in [0.25, 0.3) is 0 Å². The fourth-order valence-corrected chi connectivity index (χ4v) is 5.60. The minimum absolute atomic E-state index is 0.101. The minimum atomic E-state index is -4.11. The first-order valence-electron chi connectivity index (χ1n) is 14.1. The van der Waals surface area contributed by atoms with Crippen LogP contribution in [0.5, 0.6) is 5.75 Å². The monoisotopic (exact) mass is 612 g/mol. The number of carbonyl (C=O) groups is 2. The van der Waals surface area contributed by atoms with Crippen LogP contribution in [0, 0.1) is 0 Å². The molecule has 2 amide bonds. The van der Waals surface area contributed by atoms with E-state index in [2.05, 4.69) is 15.0 Å². The van der Waals surface area contributed by atoms with E-state index in [1.165, 1.54) is 20.2 Å². The summed E-state index contributed by atoms with van der Waals surface area (Å²) in [5, 5.41) is 2.67. The Morgan fingerprint density at radius 3 is 2.30 bits per heavy atom. The molecule has 2 heterocycles. The fourth-order valence-electron chi connectivity index (χ4n) is 4.74. The standard InChI is InChI=1S/C30H40N6O6S/c1-29(2,31)43(39,40)34-25(20-42-19-22-10-6-5-7-11-22)27(37)33-26-18-36(21-32-26)30(3,28(38)35-16-8-9-17-35)23-12-14-24(41-4)15-13-23/h5-7,10-15,18,21,25,34H,8-9,16-17,19-20,31H2,1-4H3,(H,33,37). The van der Waals surface area contributed by atoms with Crippen LogP contribution in [0.2, 0.25) is 0 Å². The number of nitrogens with zero attached hydrogens (tertiary/aromatic N) is 3. The Morgan fingerprint density at radius 2 is 1.70 bits per heavy atom. The number of rotatable bonds is 13. The summed E-state index contributed by atoms with van der Waals surface area (Å²) >= 11 is 0. The summed E-state index contributed by atoms with van der Waals surface area (Å²) < 4.78 is 40.7. The first-order chi connectivity index (χ1) is 20.3. The number of sulfonamides is 1. The van der Waals surface area contributed by atoms with E-state index in [0.29, 0.717) is 24.4 Å². The molecule has 1 aromatic heterocycles. The van der Waals surface area contributed by atoms with Crippen LogP contribution < -0.4 is 20.5 Å². The number of aromatic nitrogens is 2. The van der Waals surface area contributed by atoms with Gasteiger partial charge in [-0.25, -0.2) is 13.4 Å². The van der Waals surface area contributed by atoms with Gasteiger partial charge in [-0.15, -0.1) is 0 Å². The number of carbonyl (C=O) groups excluding carboxylic acids is 2. The number of imidazole rings is 1. The average Bonchev–Trinajstić information content (AvgIpc) is 3.69. The van der Waals surface area contributed by atoms with E-state index < -0.39 is 32.4 Å². The van der Waals surface area contributed by atoms with Crippen molar-refractivity contribution in [3.63, 3.8) is 0 Å². The zero-order chi connectivity index (χ0) is 31.3. The van der Waals surface area contributed by atoms with E-state index in [-0.39, 0.29) is 24.9 Å². The van der Waals surface area contributed by atoms with Crippen LogP contribution >= 0.6 is 0 Å². The highest BCUT2D eigenvalue weighted by Crippen LogP contribution is 2.32. The summed E-state index contributed by atoms with van der Waals surface area (Å²) in [5.41, 5.74) is 6.26. The highest BCUT2D eigenvalue weighted by atomic mass is 32.2. The Morgan fingerprint density at radius 1 is 1.05 bits per heavy atom. The Kier molecular flexibility index (Phi) is 9.90. The maximum atomic E-state index is 13.9. The number of nitrogens with two attached hydrogens (primary N) is 1. The van der Waals surface area contributed by atoms with Crippen molar-refractivity contribution >= 4 is 27.7 Å². The van der Waals surface area contributed by atoms with E-state index in [1.807, 2.05) is 47.4 Å². The average molecular weight is 613 g/mol. The normalized spacial score (nSPS) is 16.0. The molecule has 0 bridgehead atoms. The van der Waals surface area contributed by atoms with Crippen LogP contribution in [0.15, 0.2) is 67.1 Å². The summed E-state index contributed by atoms with van der Waals surface area (Å²) in [6.07, 6.45) is 4.89. The molecule has 1 aliphatic heterocycles. The Hall–Kier alpha value is -3.78. The van der Waals surface area contributed by atoms with Gasteiger partial charge in [0.05, 0.1) is 26.7 Å². The number of hydrogen-bond acceptors (Lipinski definition) is 8. The zero-order valence-corrected chi connectivity index (χ0v) is 25.8. The molecule has 0 radical (unpaired) electrons. The van der Waals surface area contributed by atoms with Gasteiger partial charge in [-0.3, -0.25) is 9.59 Å².